The van der Waals surface area contributed by atoms with Gasteiger partial charge in [0.2, 0.25) is 0 Å². The van der Waals surface area contributed by atoms with Gasteiger partial charge < -0.3 is 15.2 Å². The van der Waals surface area contributed by atoms with Crippen LogP contribution in [0.2, 0.25) is 0 Å². The molecule has 1 aromatic heterocycles. The lowest BCUT2D eigenvalue weighted by molar-refractivity contribution is 0.271. The van der Waals surface area contributed by atoms with Gasteiger partial charge in [-0.2, -0.15) is 0 Å². The summed E-state index contributed by atoms with van der Waals surface area (Å²) in [6.45, 7) is 5.19. The molecule has 0 radical (unpaired) electrons. The van der Waals surface area contributed by atoms with E-state index in [1.807, 2.05) is 25.1 Å². The third kappa shape index (κ3) is 4.19. The predicted molar refractivity (Wildman–Crippen MR) is 91.5 cm³/mol. The zero-order valence-corrected chi connectivity index (χ0v) is 13.9. The maximum Gasteiger partial charge on any atom is 0.161 e. The fraction of sp³-hybridized carbons (Fsp3) is 0.312. The quantitative estimate of drug-likeness (QED) is 0.785. The van der Waals surface area contributed by atoms with E-state index in [9.17, 15) is 0 Å². The molecule has 0 atom stereocenters. The number of nitrogens with two attached hydrogens (primary N) is 1. The van der Waals surface area contributed by atoms with Gasteiger partial charge >= 0.3 is 0 Å². The van der Waals surface area contributed by atoms with E-state index < -0.39 is 0 Å². The molecule has 112 valence electrons. The number of hydrogen-bond donors (Lipinski definition) is 1. The number of thiophene rings is 1. The van der Waals surface area contributed by atoms with Gasteiger partial charge in [0.1, 0.15) is 11.6 Å². The van der Waals surface area contributed by atoms with Crippen molar-refractivity contribution in [3.05, 3.63) is 45.6 Å². The molecule has 2 rings (SSSR count). The van der Waals surface area contributed by atoms with Gasteiger partial charge in [0.25, 0.3) is 0 Å². The molecular weight excluding hydrogens is 302 g/mol. The lowest BCUT2D eigenvalue weighted by Crippen LogP contribution is -2.10. The fourth-order valence-corrected chi connectivity index (χ4v) is 2.89. The molecule has 0 amide bonds. The first kappa shape index (κ1) is 15.8. The highest BCUT2D eigenvalue weighted by Crippen LogP contribution is 2.30. The Morgan fingerprint density at radius 2 is 1.86 bits per heavy atom. The van der Waals surface area contributed by atoms with E-state index >= 15 is 0 Å². The lowest BCUT2D eigenvalue weighted by Gasteiger charge is -2.12. The molecule has 0 spiro atoms. The van der Waals surface area contributed by atoms with Crippen LogP contribution in [-0.4, -0.2) is 11.6 Å². The lowest BCUT2D eigenvalue weighted by atomic mass is 10.2. The van der Waals surface area contributed by atoms with Crippen molar-refractivity contribution in [3.8, 4) is 11.5 Å². The summed E-state index contributed by atoms with van der Waals surface area (Å²) < 4.78 is 11.5. The molecule has 0 unspecified atom stereocenters. The molecule has 0 aliphatic heterocycles. The largest absolute Gasteiger partial charge is 0.490 e. The van der Waals surface area contributed by atoms with Crippen molar-refractivity contribution in [1.82, 2.24) is 0 Å². The molecule has 3 nitrogen and oxygen atoms in total. The molecule has 0 saturated heterocycles. The minimum absolute atomic E-state index is 0.355. The van der Waals surface area contributed by atoms with Crippen LogP contribution < -0.4 is 15.2 Å². The predicted octanol–water partition coefficient (Wildman–Crippen LogP) is 3.92. The Hall–Kier alpha value is -1.59. The van der Waals surface area contributed by atoms with Crippen LogP contribution in [0.4, 0.5) is 0 Å². The average Bonchev–Trinajstić information content (AvgIpc) is 2.94. The fourth-order valence-electron chi connectivity index (χ4n) is 1.89. The molecule has 0 aliphatic carbocycles. The molecule has 0 aliphatic rings. The van der Waals surface area contributed by atoms with Crippen molar-refractivity contribution >= 4 is 28.5 Å². The third-order valence-corrected chi connectivity index (χ3v) is 4.40. The van der Waals surface area contributed by atoms with Crippen LogP contribution in [0.3, 0.4) is 0 Å². The van der Waals surface area contributed by atoms with Gasteiger partial charge in [-0.1, -0.05) is 19.1 Å². The summed E-state index contributed by atoms with van der Waals surface area (Å²) in [7, 11) is 0. The van der Waals surface area contributed by atoms with Crippen LogP contribution in [-0.2, 0) is 13.0 Å². The second-order valence-electron chi connectivity index (χ2n) is 4.47. The topological polar surface area (TPSA) is 44.5 Å². The molecule has 1 heterocycles. The number of ether oxygens (including phenoxy) is 2. The molecule has 0 fully saturated rings. The van der Waals surface area contributed by atoms with Crippen LogP contribution in [0.25, 0.3) is 0 Å². The number of rotatable bonds is 7. The molecule has 21 heavy (non-hydrogen) atoms. The second kappa shape index (κ2) is 7.43. The maximum atomic E-state index is 5.87. The summed E-state index contributed by atoms with van der Waals surface area (Å²) >= 11 is 6.76. The minimum Gasteiger partial charge on any atom is -0.490 e. The molecule has 0 saturated carbocycles. The molecule has 0 bridgehead atoms. The standard InChI is InChI=1S/C16H19NO2S2/c1-3-12-6-7-13(21-12)10-19-14-8-5-11(16(17)20)9-15(14)18-4-2/h5-9H,3-4,10H2,1-2H3,(H2,17,20). The van der Waals surface area contributed by atoms with Crippen molar-refractivity contribution in [3.63, 3.8) is 0 Å². The zero-order chi connectivity index (χ0) is 15.2. The maximum absolute atomic E-state index is 5.87. The molecular formula is C16H19NO2S2. The molecule has 1 aromatic carbocycles. The number of hydrogen-bond acceptors (Lipinski definition) is 4. The minimum atomic E-state index is 0.355. The molecule has 5 heteroatoms. The smallest absolute Gasteiger partial charge is 0.161 e. The summed E-state index contributed by atoms with van der Waals surface area (Å²) in [6.07, 6.45) is 1.05. The Balaban J connectivity index is 2.12. The highest BCUT2D eigenvalue weighted by atomic mass is 32.1. The van der Waals surface area contributed by atoms with Gasteiger partial charge in [0.15, 0.2) is 11.5 Å². The van der Waals surface area contributed by atoms with Crippen molar-refractivity contribution in [1.29, 1.82) is 0 Å². The summed E-state index contributed by atoms with van der Waals surface area (Å²) in [5.74, 6) is 1.39. The van der Waals surface area contributed by atoms with Gasteiger partial charge in [-0.3, -0.25) is 0 Å². The monoisotopic (exact) mass is 321 g/mol. The van der Waals surface area contributed by atoms with E-state index in [2.05, 4.69) is 19.1 Å². The molecule has 2 aromatic rings. The van der Waals surface area contributed by atoms with Gasteiger partial charge in [-0.15, -0.1) is 11.3 Å². The Morgan fingerprint density at radius 3 is 2.48 bits per heavy atom. The second-order valence-corrected chi connectivity index (χ2v) is 6.16. The summed E-state index contributed by atoms with van der Waals surface area (Å²) in [5, 5.41) is 0. The van der Waals surface area contributed by atoms with E-state index in [0.717, 1.165) is 12.0 Å². The summed E-state index contributed by atoms with van der Waals surface area (Å²) in [6, 6.07) is 9.78. The Kier molecular flexibility index (Phi) is 5.59. The van der Waals surface area contributed by atoms with Crippen molar-refractivity contribution in [2.75, 3.05) is 6.61 Å². The van der Waals surface area contributed by atoms with Crippen LogP contribution in [0.5, 0.6) is 11.5 Å². The van der Waals surface area contributed by atoms with Crippen molar-refractivity contribution < 1.29 is 9.47 Å². The number of thiocarbonyl (C=S) groups is 1. The van der Waals surface area contributed by atoms with Crippen LogP contribution in [0.15, 0.2) is 30.3 Å². The van der Waals surface area contributed by atoms with Crippen molar-refractivity contribution in [2.24, 2.45) is 5.73 Å². The third-order valence-electron chi connectivity index (χ3n) is 2.96. The van der Waals surface area contributed by atoms with Crippen LogP contribution in [0.1, 0.15) is 29.2 Å². The summed E-state index contributed by atoms with van der Waals surface area (Å²) in [5.41, 5.74) is 6.43. The number of benzene rings is 1. The van der Waals surface area contributed by atoms with Gasteiger partial charge in [-0.05, 0) is 43.7 Å². The van der Waals surface area contributed by atoms with Crippen LogP contribution in [0, 0.1) is 0 Å². The normalized spacial score (nSPS) is 10.4. The van der Waals surface area contributed by atoms with Gasteiger partial charge in [-0.25, -0.2) is 0 Å². The Bertz CT molecular complexity index is 622. The Morgan fingerprint density at radius 1 is 1.10 bits per heavy atom. The van der Waals surface area contributed by atoms with E-state index in [1.54, 1.807) is 11.3 Å². The van der Waals surface area contributed by atoms with Gasteiger partial charge in [0, 0.05) is 15.3 Å². The SMILES string of the molecule is CCOc1cc(C(N)=S)ccc1OCc1ccc(CC)s1. The highest BCUT2D eigenvalue weighted by Gasteiger charge is 2.09. The highest BCUT2D eigenvalue weighted by molar-refractivity contribution is 7.80. The summed E-state index contributed by atoms with van der Waals surface area (Å²) in [4.78, 5) is 2.92. The first-order valence-electron chi connectivity index (χ1n) is 6.91. The first-order valence-corrected chi connectivity index (χ1v) is 8.13. The van der Waals surface area contributed by atoms with E-state index in [-0.39, 0.29) is 0 Å². The van der Waals surface area contributed by atoms with E-state index in [0.29, 0.717) is 29.7 Å². The average molecular weight is 321 g/mol. The number of aryl methyl sites for hydroxylation is 1. The van der Waals surface area contributed by atoms with E-state index in [4.69, 9.17) is 27.4 Å². The van der Waals surface area contributed by atoms with Gasteiger partial charge in [0.05, 0.1) is 6.61 Å². The van der Waals surface area contributed by atoms with Crippen LogP contribution >= 0.6 is 23.6 Å². The van der Waals surface area contributed by atoms with Crippen molar-refractivity contribution in [2.45, 2.75) is 26.9 Å². The molecule has 2 N–H and O–H groups in total. The zero-order valence-electron chi connectivity index (χ0n) is 12.2. The Labute approximate surface area is 134 Å². The van der Waals surface area contributed by atoms with E-state index in [1.165, 1.54) is 9.75 Å². The first-order chi connectivity index (χ1) is 10.1.